The first kappa shape index (κ1) is 14.9. The van der Waals surface area contributed by atoms with Gasteiger partial charge in [0.2, 0.25) is 5.75 Å². The van der Waals surface area contributed by atoms with E-state index in [4.69, 9.17) is 16.3 Å². The van der Waals surface area contributed by atoms with Crippen molar-refractivity contribution in [2.45, 2.75) is 6.92 Å². The average Bonchev–Trinajstić information content (AvgIpc) is 2.37. The predicted molar refractivity (Wildman–Crippen MR) is 74.6 cm³/mol. The van der Waals surface area contributed by atoms with E-state index in [0.29, 0.717) is 0 Å². The molecule has 108 valence electrons. The van der Waals surface area contributed by atoms with Gasteiger partial charge in [-0.05, 0) is 25.1 Å². The number of Topliss-reactive ketones (excluding diaryl/α,β-unsaturated/α-hetero) is 1. The van der Waals surface area contributed by atoms with E-state index in [-0.39, 0.29) is 27.8 Å². The molecule has 0 heterocycles. The summed E-state index contributed by atoms with van der Waals surface area (Å²) in [5, 5.41) is 11.2. The van der Waals surface area contributed by atoms with Crippen LogP contribution in [0.3, 0.4) is 0 Å². The molecule has 0 saturated heterocycles. The Hall–Kier alpha value is -2.47. The number of benzene rings is 2. The molecule has 0 aliphatic carbocycles. The van der Waals surface area contributed by atoms with E-state index >= 15 is 0 Å². The van der Waals surface area contributed by atoms with Crippen molar-refractivity contribution in [2.75, 3.05) is 0 Å². The van der Waals surface area contributed by atoms with Crippen LogP contribution in [0.2, 0.25) is 5.02 Å². The quantitative estimate of drug-likeness (QED) is 0.477. The Bertz CT molecular complexity index is 733. The Morgan fingerprint density at radius 1 is 1.29 bits per heavy atom. The Balaban J connectivity index is 2.53. The molecule has 0 amide bonds. The standard InChI is InChI=1S/C14H9ClFNO4/c1-8(18)14-10(16)3-2-4-12(14)21-13-7-9(15)5-6-11(13)17(19)20/h2-7H,1H3. The summed E-state index contributed by atoms with van der Waals surface area (Å²) in [6.45, 7) is 1.18. The lowest BCUT2D eigenvalue weighted by Crippen LogP contribution is -2.02. The van der Waals surface area contributed by atoms with Gasteiger partial charge in [0.05, 0.1) is 10.5 Å². The van der Waals surface area contributed by atoms with E-state index in [1.807, 2.05) is 0 Å². The lowest BCUT2D eigenvalue weighted by Gasteiger charge is -2.10. The van der Waals surface area contributed by atoms with E-state index in [1.54, 1.807) is 0 Å². The largest absolute Gasteiger partial charge is 0.449 e. The fourth-order valence-electron chi connectivity index (χ4n) is 1.77. The van der Waals surface area contributed by atoms with Crippen LogP contribution >= 0.6 is 11.6 Å². The molecule has 2 aromatic rings. The average molecular weight is 310 g/mol. The topological polar surface area (TPSA) is 69.4 Å². The minimum absolute atomic E-state index is 0.104. The molecule has 0 bridgehead atoms. The third kappa shape index (κ3) is 3.17. The third-order valence-corrected chi connectivity index (χ3v) is 2.90. The lowest BCUT2D eigenvalue weighted by atomic mass is 10.1. The monoisotopic (exact) mass is 309 g/mol. The zero-order valence-electron chi connectivity index (χ0n) is 10.8. The van der Waals surface area contributed by atoms with Gasteiger partial charge < -0.3 is 4.74 Å². The molecule has 0 N–H and O–H groups in total. The van der Waals surface area contributed by atoms with Crippen molar-refractivity contribution < 1.29 is 18.8 Å². The number of nitro benzene ring substituents is 1. The summed E-state index contributed by atoms with van der Waals surface area (Å²) in [7, 11) is 0. The van der Waals surface area contributed by atoms with Crippen molar-refractivity contribution in [1.82, 2.24) is 0 Å². The highest BCUT2D eigenvalue weighted by Crippen LogP contribution is 2.35. The van der Waals surface area contributed by atoms with Crippen molar-refractivity contribution in [3.63, 3.8) is 0 Å². The van der Waals surface area contributed by atoms with Crippen LogP contribution < -0.4 is 4.74 Å². The zero-order valence-corrected chi connectivity index (χ0v) is 11.6. The predicted octanol–water partition coefficient (Wildman–Crippen LogP) is 4.38. The van der Waals surface area contributed by atoms with E-state index < -0.39 is 16.5 Å². The van der Waals surface area contributed by atoms with Crippen molar-refractivity contribution in [3.8, 4) is 11.5 Å². The summed E-state index contributed by atoms with van der Waals surface area (Å²) < 4.78 is 19.0. The fourth-order valence-corrected chi connectivity index (χ4v) is 1.93. The van der Waals surface area contributed by atoms with Crippen LogP contribution in [0.15, 0.2) is 36.4 Å². The van der Waals surface area contributed by atoms with Crippen molar-refractivity contribution in [2.24, 2.45) is 0 Å². The Labute approximate surface area is 124 Å². The molecule has 0 saturated carbocycles. The van der Waals surface area contributed by atoms with Crippen molar-refractivity contribution >= 4 is 23.1 Å². The Kier molecular flexibility index (Phi) is 4.18. The number of halogens is 2. The molecule has 7 heteroatoms. The first-order valence-electron chi connectivity index (χ1n) is 5.81. The van der Waals surface area contributed by atoms with Gasteiger partial charge in [-0.15, -0.1) is 0 Å². The molecule has 2 aromatic carbocycles. The smallest absolute Gasteiger partial charge is 0.311 e. The maximum absolute atomic E-state index is 13.7. The molecule has 5 nitrogen and oxygen atoms in total. The maximum atomic E-state index is 13.7. The van der Waals surface area contributed by atoms with Gasteiger partial charge in [-0.3, -0.25) is 14.9 Å². The number of hydrogen-bond acceptors (Lipinski definition) is 4. The molecule has 0 radical (unpaired) electrons. The van der Waals surface area contributed by atoms with Gasteiger partial charge in [-0.2, -0.15) is 0 Å². The van der Waals surface area contributed by atoms with Crippen LogP contribution in [0.4, 0.5) is 10.1 Å². The number of nitro groups is 1. The first-order valence-corrected chi connectivity index (χ1v) is 6.19. The minimum Gasteiger partial charge on any atom is -0.449 e. The molecule has 0 aromatic heterocycles. The summed E-state index contributed by atoms with van der Waals surface area (Å²) in [5.74, 6) is -1.58. The van der Waals surface area contributed by atoms with Gasteiger partial charge in [-0.1, -0.05) is 17.7 Å². The molecule has 0 aliphatic rings. The highest BCUT2D eigenvalue weighted by atomic mass is 35.5. The molecule has 2 rings (SSSR count). The molecular formula is C14H9ClFNO4. The third-order valence-electron chi connectivity index (χ3n) is 2.67. The summed E-state index contributed by atoms with van der Waals surface area (Å²) in [6.07, 6.45) is 0. The molecule has 21 heavy (non-hydrogen) atoms. The number of rotatable bonds is 4. The molecular weight excluding hydrogens is 301 g/mol. The van der Waals surface area contributed by atoms with Gasteiger partial charge in [0.1, 0.15) is 11.6 Å². The van der Waals surface area contributed by atoms with Crippen LogP contribution in [-0.2, 0) is 0 Å². The van der Waals surface area contributed by atoms with Crippen LogP contribution in [0, 0.1) is 15.9 Å². The van der Waals surface area contributed by atoms with Crippen molar-refractivity contribution in [1.29, 1.82) is 0 Å². The second kappa shape index (κ2) is 5.88. The number of ketones is 1. The SMILES string of the molecule is CC(=O)c1c(F)cccc1Oc1cc(Cl)ccc1[N+](=O)[O-]. The minimum atomic E-state index is -0.760. The van der Waals surface area contributed by atoms with Crippen LogP contribution in [0.1, 0.15) is 17.3 Å². The van der Waals surface area contributed by atoms with Gasteiger partial charge in [-0.25, -0.2) is 4.39 Å². The molecule has 0 unspecified atom stereocenters. The summed E-state index contributed by atoms with van der Waals surface area (Å²) in [4.78, 5) is 21.8. The normalized spacial score (nSPS) is 10.2. The summed E-state index contributed by atoms with van der Waals surface area (Å²) in [6, 6.07) is 7.54. The first-order chi connectivity index (χ1) is 9.90. The second-order valence-electron chi connectivity index (χ2n) is 4.14. The number of ether oxygens (including phenoxy) is 1. The molecule has 0 fully saturated rings. The van der Waals surface area contributed by atoms with E-state index in [2.05, 4.69) is 0 Å². The van der Waals surface area contributed by atoms with Crippen LogP contribution in [-0.4, -0.2) is 10.7 Å². The Morgan fingerprint density at radius 3 is 2.62 bits per heavy atom. The number of carbonyl (C=O) groups excluding carboxylic acids is 1. The number of carbonyl (C=O) groups is 1. The number of nitrogens with zero attached hydrogens (tertiary/aromatic N) is 1. The van der Waals surface area contributed by atoms with E-state index in [1.165, 1.54) is 37.3 Å². The summed E-state index contributed by atoms with van der Waals surface area (Å²) in [5.41, 5.74) is -0.607. The van der Waals surface area contributed by atoms with Crippen LogP contribution in [0.5, 0.6) is 11.5 Å². The second-order valence-corrected chi connectivity index (χ2v) is 4.58. The highest BCUT2D eigenvalue weighted by molar-refractivity contribution is 6.30. The lowest BCUT2D eigenvalue weighted by molar-refractivity contribution is -0.385. The molecule has 0 spiro atoms. The van der Waals surface area contributed by atoms with Crippen LogP contribution in [0.25, 0.3) is 0 Å². The van der Waals surface area contributed by atoms with E-state index in [9.17, 15) is 19.3 Å². The molecule has 0 atom stereocenters. The van der Waals surface area contributed by atoms with E-state index in [0.717, 1.165) is 6.07 Å². The van der Waals surface area contributed by atoms with Gasteiger partial charge in [0.25, 0.3) is 0 Å². The van der Waals surface area contributed by atoms with Gasteiger partial charge >= 0.3 is 5.69 Å². The fraction of sp³-hybridized carbons (Fsp3) is 0.0714. The zero-order chi connectivity index (χ0) is 15.6. The summed E-state index contributed by atoms with van der Waals surface area (Å²) >= 11 is 5.78. The molecule has 0 aliphatic heterocycles. The number of hydrogen-bond donors (Lipinski definition) is 0. The van der Waals surface area contributed by atoms with Crippen molar-refractivity contribution in [3.05, 3.63) is 62.9 Å². The maximum Gasteiger partial charge on any atom is 0.311 e. The Morgan fingerprint density at radius 2 is 2.00 bits per heavy atom. The van der Waals surface area contributed by atoms with Gasteiger partial charge in [0, 0.05) is 17.2 Å². The highest BCUT2D eigenvalue weighted by Gasteiger charge is 2.20. The van der Waals surface area contributed by atoms with Gasteiger partial charge in [0.15, 0.2) is 5.78 Å².